The number of amides is 1. The summed E-state index contributed by atoms with van der Waals surface area (Å²) in [6.07, 6.45) is 0.214. The summed E-state index contributed by atoms with van der Waals surface area (Å²) in [6, 6.07) is 5.16. The summed E-state index contributed by atoms with van der Waals surface area (Å²) >= 11 is 0. The van der Waals surface area contributed by atoms with Crippen molar-refractivity contribution in [1.29, 1.82) is 0 Å². The summed E-state index contributed by atoms with van der Waals surface area (Å²) in [5.41, 5.74) is 0.457. The molecule has 1 amide bonds. The lowest BCUT2D eigenvalue weighted by molar-refractivity contribution is -0.119. The summed E-state index contributed by atoms with van der Waals surface area (Å²) in [6.45, 7) is 3.15. The summed E-state index contributed by atoms with van der Waals surface area (Å²) in [5.74, 6) is -0.646. The van der Waals surface area contributed by atoms with Gasteiger partial charge in [0, 0.05) is 24.9 Å². The Bertz CT molecular complexity index is 387. The van der Waals surface area contributed by atoms with Crippen molar-refractivity contribution in [2.45, 2.75) is 26.3 Å². The first kappa shape index (κ1) is 12.4. The van der Waals surface area contributed by atoms with Crippen LogP contribution in [0.1, 0.15) is 30.6 Å². The van der Waals surface area contributed by atoms with Gasteiger partial charge in [-0.1, -0.05) is 0 Å². The minimum atomic E-state index is -0.369. The van der Waals surface area contributed by atoms with E-state index in [0.29, 0.717) is 5.56 Å². The van der Waals surface area contributed by atoms with Gasteiger partial charge in [-0.25, -0.2) is 4.39 Å². The van der Waals surface area contributed by atoms with Gasteiger partial charge in [-0.3, -0.25) is 9.59 Å². The zero-order chi connectivity index (χ0) is 12.1. The lowest BCUT2D eigenvalue weighted by Crippen LogP contribution is -2.32. The first-order chi connectivity index (χ1) is 7.49. The fraction of sp³-hybridized carbons (Fsp3) is 0.333. The molecule has 0 spiro atoms. The van der Waals surface area contributed by atoms with Crippen molar-refractivity contribution in [2.24, 2.45) is 0 Å². The van der Waals surface area contributed by atoms with Gasteiger partial charge in [0.15, 0.2) is 5.78 Å². The Morgan fingerprint density at radius 2 is 1.88 bits per heavy atom. The van der Waals surface area contributed by atoms with Gasteiger partial charge in [-0.2, -0.15) is 0 Å². The molecule has 4 heteroatoms. The van der Waals surface area contributed by atoms with E-state index in [1.54, 1.807) is 6.92 Å². The second-order valence-electron chi connectivity index (χ2n) is 3.74. The highest BCUT2D eigenvalue weighted by Gasteiger charge is 2.11. The summed E-state index contributed by atoms with van der Waals surface area (Å²) in [7, 11) is 0. The summed E-state index contributed by atoms with van der Waals surface area (Å²) < 4.78 is 12.6. The van der Waals surface area contributed by atoms with Gasteiger partial charge < -0.3 is 5.32 Å². The van der Waals surface area contributed by atoms with Crippen LogP contribution in [-0.2, 0) is 4.79 Å². The summed E-state index contributed by atoms with van der Waals surface area (Å²) in [5, 5.41) is 2.62. The molecular weight excluding hydrogens is 209 g/mol. The van der Waals surface area contributed by atoms with E-state index >= 15 is 0 Å². The maximum absolute atomic E-state index is 12.6. The van der Waals surface area contributed by atoms with Gasteiger partial charge in [0.25, 0.3) is 0 Å². The Morgan fingerprint density at radius 1 is 1.31 bits per heavy atom. The third-order valence-corrected chi connectivity index (χ3v) is 2.11. The van der Waals surface area contributed by atoms with E-state index in [9.17, 15) is 14.0 Å². The molecule has 0 bridgehead atoms. The van der Waals surface area contributed by atoms with Crippen LogP contribution < -0.4 is 5.32 Å². The number of carbonyl (C=O) groups excluding carboxylic acids is 2. The van der Waals surface area contributed by atoms with Crippen molar-refractivity contribution < 1.29 is 14.0 Å². The monoisotopic (exact) mass is 223 g/mol. The first-order valence-corrected chi connectivity index (χ1v) is 5.05. The normalized spacial score (nSPS) is 11.9. The van der Waals surface area contributed by atoms with Crippen molar-refractivity contribution in [3.05, 3.63) is 35.6 Å². The van der Waals surface area contributed by atoms with E-state index in [-0.39, 0.29) is 30.0 Å². The summed E-state index contributed by atoms with van der Waals surface area (Å²) in [4.78, 5) is 22.4. The molecule has 3 nitrogen and oxygen atoms in total. The zero-order valence-corrected chi connectivity index (χ0v) is 9.29. The Labute approximate surface area is 93.7 Å². The largest absolute Gasteiger partial charge is 0.353 e. The SMILES string of the molecule is CC(=O)N[C@@H](C)CC(=O)c1ccc(F)cc1. The third-order valence-electron chi connectivity index (χ3n) is 2.11. The molecule has 0 aliphatic rings. The second-order valence-corrected chi connectivity index (χ2v) is 3.74. The lowest BCUT2D eigenvalue weighted by atomic mass is 10.0. The van der Waals surface area contributed by atoms with E-state index < -0.39 is 0 Å². The number of rotatable bonds is 4. The van der Waals surface area contributed by atoms with Crippen LogP contribution in [0, 0.1) is 5.82 Å². The molecule has 0 aromatic heterocycles. The zero-order valence-electron chi connectivity index (χ0n) is 9.29. The molecule has 1 aromatic rings. The molecule has 0 heterocycles. The Balaban J connectivity index is 2.58. The van der Waals surface area contributed by atoms with Crippen molar-refractivity contribution in [3.8, 4) is 0 Å². The van der Waals surface area contributed by atoms with Crippen LogP contribution in [0.25, 0.3) is 0 Å². The van der Waals surface area contributed by atoms with Crippen LogP contribution in [0.5, 0.6) is 0 Å². The van der Waals surface area contributed by atoms with Crippen LogP contribution >= 0.6 is 0 Å². The fourth-order valence-electron chi connectivity index (χ4n) is 1.43. The predicted octanol–water partition coefficient (Wildman–Crippen LogP) is 1.92. The minimum Gasteiger partial charge on any atom is -0.353 e. The number of nitrogens with one attached hydrogen (secondary N) is 1. The van der Waals surface area contributed by atoms with Crippen LogP contribution in [0.15, 0.2) is 24.3 Å². The van der Waals surface area contributed by atoms with Gasteiger partial charge in [-0.15, -0.1) is 0 Å². The van der Waals surface area contributed by atoms with Crippen molar-refractivity contribution in [1.82, 2.24) is 5.32 Å². The highest BCUT2D eigenvalue weighted by molar-refractivity contribution is 5.96. The van der Waals surface area contributed by atoms with Crippen molar-refractivity contribution in [3.63, 3.8) is 0 Å². The van der Waals surface area contributed by atoms with E-state index in [4.69, 9.17) is 0 Å². The maximum Gasteiger partial charge on any atom is 0.217 e. The van der Waals surface area contributed by atoms with Crippen LogP contribution in [0.4, 0.5) is 4.39 Å². The average molecular weight is 223 g/mol. The number of ketones is 1. The Morgan fingerprint density at radius 3 is 2.38 bits per heavy atom. The highest BCUT2D eigenvalue weighted by atomic mass is 19.1. The molecule has 0 saturated carbocycles. The van der Waals surface area contributed by atoms with E-state index in [2.05, 4.69) is 5.32 Å². The number of hydrogen-bond donors (Lipinski definition) is 1. The van der Waals surface area contributed by atoms with Gasteiger partial charge in [0.2, 0.25) is 5.91 Å². The molecule has 0 aliphatic carbocycles. The smallest absolute Gasteiger partial charge is 0.217 e. The standard InChI is InChI=1S/C12H14FNO2/c1-8(14-9(2)15)7-12(16)10-3-5-11(13)6-4-10/h3-6,8H,7H2,1-2H3,(H,14,15)/t8-/m0/s1. The maximum atomic E-state index is 12.6. The van der Waals surface area contributed by atoms with E-state index in [1.807, 2.05) is 0 Å². The molecule has 1 N–H and O–H groups in total. The van der Waals surface area contributed by atoms with E-state index in [1.165, 1.54) is 31.2 Å². The number of hydrogen-bond acceptors (Lipinski definition) is 2. The molecule has 1 rings (SSSR count). The molecular formula is C12H14FNO2. The molecule has 86 valence electrons. The third kappa shape index (κ3) is 3.81. The van der Waals surface area contributed by atoms with Crippen LogP contribution in [0.3, 0.4) is 0 Å². The topological polar surface area (TPSA) is 46.2 Å². The highest BCUT2D eigenvalue weighted by Crippen LogP contribution is 2.07. The van der Waals surface area contributed by atoms with Crippen LogP contribution in [-0.4, -0.2) is 17.7 Å². The molecule has 0 unspecified atom stereocenters. The number of Topliss-reactive ketones (excluding diaryl/α,β-unsaturated/α-hetero) is 1. The Kier molecular flexibility index (Phi) is 4.17. The molecule has 0 radical (unpaired) electrons. The van der Waals surface area contributed by atoms with Crippen LogP contribution in [0.2, 0.25) is 0 Å². The van der Waals surface area contributed by atoms with Crippen molar-refractivity contribution >= 4 is 11.7 Å². The second kappa shape index (κ2) is 5.39. The number of halogens is 1. The van der Waals surface area contributed by atoms with Gasteiger partial charge in [0.1, 0.15) is 5.82 Å². The molecule has 16 heavy (non-hydrogen) atoms. The van der Waals surface area contributed by atoms with Gasteiger partial charge in [-0.05, 0) is 31.2 Å². The van der Waals surface area contributed by atoms with Gasteiger partial charge in [0.05, 0.1) is 0 Å². The number of carbonyl (C=O) groups is 2. The molecule has 0 fully saturated rings. The average Bonchev–Trinajstić information content (AvgIpc) is 2.16. The molecule has 0 aliphatic heterocycles. The quantitative estimate of drug-likeness (QED) is 0.793. The first-order valence-electron chi connectivity index (χ1n) is 5.05. The minimum absolute atomic E-state index is 0.110. The lowest BCUT2D eigenvalue weighted by Gasteiger charge is -2.11. The number of benzene rings is 1. The van der Waals surface area contributed by atoms with Crippen molar-refractivity contribution in [2.75, 3.05) is 0 Å². The predicted molar refractivity (Wildman–Crippen MR) is 58.6 cm³/mol. The molecule has 0 saturated heterocycles. The molecule has 1 aromatic carbocycles. The Hall–Kier alpha value is -1.71. The fourth-order valence-corrected chi connectivity index (χ4v) is 1.43. The van der Waals surface area contributed by atoms with Gasteiger partial charge >= 0.3 is 0 Å². The molecule has 1 atom stereocenters. The van der Waals surface area contributed by atoms with E-state index in [0.717, 1.165) is 0 Å².